The van der Waals surface area contributed by atoms with Crippen molar-refractivity contribution in [3.05, 3.63) is 71.8 Å². The van der Waals surface area contributed by atoms with Crippen molar-refractivity contribution in [3.8, 4) is 0 Å². The molecule has 1 saturated heterocycles. The molecule has 0 bridgehead atoms. The van der Waals surface area contributed by atoms with Gasteiger partial charge in [0.15, 0.2) is 0 Å². The number of hydrogen-bond donors (Lipinski definition) is 0. The second kappa shape index (κ2) is 7.63. The standard InChI is InChI=1S/C21H25NO2/c1-24-20(23)21(19-10-6-3-7-11-19)13-16-22(17-14-21)15-12-18-8-4-2-5-9-18/h2-11H,12-17H2,1H3. The van der Waals surface area contributed by atoms with Gasteiger partial charge in [0, 0.05) is 6.54 Å². The first-order chi connectivity index (χ1) is 11.7. The predicted molar refractivity (Wildman–Crippen MR) is 96.0 cm³/mol. The summed E-state index contributed by atoms with van der Waals surface area (Å²) in [6.07, 6.45) is 2.69. The van der Waals surface area contributed by atoms with Gasteiger partial charge in [-0.2, -0.15) is 0 Å². The lowest BCUT2D eigenvalue weighted by molar-refractivity contribution is -0.149. The van der Waals surface area contributed by atoms with E-state index < -0.39 is 5.41 Å². The number of hydrogen-bond acceptors (Lipinski definition) is 3. The molecule has 0 saturated carbocycles. The second-order valence-corrected chi connectivity index (χ2v) is 6.52. The molecule has 2 aromatic carbocycles. The largest absolute Gasteiger partial charge is 0.468 e. The van der Waals surface area contributed by atoms with Crippen LogP contribution in [0.2, 0.25) is 0 Å². The topological polar surface area (TPSA) is 29.5 Å². The van der Waals surface area contributed by atoms with Crippen molar-refractivity contribution < 1.29 is 9.53 Å². The van der Waals surface area contributed by atoms with E-state index in [0.717, 1.165) is 44.5 Å². The fourth-order valence-corrected chi connectivity index (χ4v) is 3.65. The van der Waals surface area contributed by atoms with Gasteiger partial charge in [0.1, 0.15) is 0 Å². The van der Waals surface area contributed by atoms with Crippen molar-refractivity contribution >= 4 is 5.97 Å². The Morgan fingerprint density at radius 1 is 1.00 bits per heavy atom. The summed E-state index contributed by atoms with van der Waals surface area (Å²) in [6.45, 7) is 2.89. The predicted octanol–water partition coefficient (Wildman–Crippen LogP) is 3.44. The molecule has 126 valence electrons. The fraction of sp³-hybridized carbons (Fsp3) is 0.381. The van der Waals surface area contributed by atoms with E-state index in [1.54, 1.807) is 0 Å². The Hall–Kier alpha value is -2.13. The van der Waals surface area contributed by atoms with Gasteiger partial charge in [0.25, 0.3) is 0 Å². The number of piperidine rings is 1. The van der Waals surface area contributed by atoms with Crippen molar-refractivity contribution in [3.63, 3.8) is 0 Å². The van der Waals surface area contributed by atoms with Gasteiger partial charge < -0.3 is 9.64 Å². The van der Waals surface area contributed by atoms with Gasteiger partial charge in [-0.05, 0) is 43.5 Å². The highest BCUT2D eigenvalue weighted by atomic mass is 16.5. The number of carbonyl (C=O) groups is 1. The van der Waals surface area contributed by atoms with Crippen LogP contribution < -0.4 is 0 Å². The normalized spacial score (nSPS) is 17.4. The molecule has 2 aromatic rings. The number of benzene rings is 2. The number of carbonyl (C=O) groups excluding carboxylic acids is 1. The van der Waals surface area contributed by atoms with E-state index in [2.05, 4.69) is 47.4 Å². The van der Waals surface area contributed by atoms with Gasteiger partial charge in [-0.25, -0.2) is 0 Å². The molecule has 1 fully saturated rings. The van der Waals surface area contributed by atoms with Crippen molar-refractivity contribution in [1.82, 2.24) is 4.90 Å². The summed E-state index contributed by atoms with van der Waals surface area (Å²) in [5.74, 6) is -0.101. The third-order valence-corrected chi connectivity index (χ3v) is 5.17. The Labute approximate surface area is 144 Å². The van der Waals surface area contributed by atoms with Crippen LogP contribution in [0.4, 0.5) is 0 Å². The average molecular weight is 323 g/mol. The molecule has 1 aliphatic rings. The average Bonchev–Trinajstić information content (AvgIpc) is 2.67. The van der Waals surface area contributed by atoms with Gasteiger partial charge in [-0.15, -0.1) is 0 Å². The first kappa shape index (κ1) is 16.7. The number of rotatable bonds is 5. The number of nitrogens with zero attached hydrogens (tertiary/aromatic N) is 1. The number of ether oxygens (including phenoxy) is 1. The summed E-state index contributed by atoms with van der Waals surface area (Å²) in [4.78, 5) is 15.0. The van der Waals surface area contributed by atoms with Gasteiger partial charge in [-0.1, -0.05) is 60.7 Å². The SMILES string of the molecule is COC(=O)C1(c2ccccc2)CCN(CCc2ccccc2)CC1. The lowest BCUT2D eigenvalue weighted by Gasteiger charge is -2.40. The van der Waals surface area contributed by atoms with Crippen molar-refractivity contribution in [1.29, 1.82) is 0 Å². The van der Waals surface area contributed by atoms with Crippen LogP contribution in [0, 0.1) is 0 Å². The van der Waals surface area contributed by atoms with Crippen molar-refractivity contribution in [2.24, 2.45) is 0 Å². The van der Waals surface area contributed by atoms with Crippen LogP contribution in [0.15, 0.2) is 60.7 Å². The molecule has 0 aliphatic carbocycles. The molecule has 1 aliphatic heterocycles. The fourth-order valence-electron chi connectivity index (χ4n) is 3.65. The molecule has 1 heterocycles. The highest BCUT2D eigenvalue weighted by Gasteiger charge is 2.43. The summed E-state index contributed by atoms with van der Waals surface area (Å²) in [5, 5.41) is 0. The van der Waals surface area contributed by atoms with Crippen molar-refractivity contribution in [2.75, 3.05) is 26.7 Å². The van der Waals surface area contributed by atoms with Crippen LogP contribution in [0.3, 0.4) is 0 Å². The maximum atomic E-state index is 12.5. The smallest absolute Gasteiger partial charge is 0.316 e. The number of esters is 1. The van der Waals surface area contributed by atoms with Gasteiger partial charge in [0.2, 0.25) is 0 Å². The lowest BCUT2D eigenvalue weighted by Crippen LogP contribution is -2.48. The molecular weight excluding hydrogens is 298 g/mol. The zero-order valence-electron chi connectivity index (χ0n) is 14.3. The molecule has 0 radical (unpaired) electrons. The summed E-state index contributed by atoms with van der Waals surface area (Å²) in [7, 11) is 1.49. The number of likely N-dealkylation sites (tertiary alicyclic amines) is 1. The molecule has 0 aromatic heterocycles. The maximum absolute atomic E-state index is 12.5. The van der Waals surface area contributed by atoms with Gasteiger partial charge in [0.05, 0.1) is 12.5 Å². The first-order valence-corrected chi connectivity index (χ1v) is 8.65. The molecule has 0 atom stereocenters. The molecular formula is C21H25NO2. The molecule has 0 spiro atoms. The molecule has 0 unspecified atom stereocenters. The Morgan fingerprint density at radius 2 is 1.58 bits per heavy atom. The maximum Gasteiger partial charge on any atom is 0.316 e. The quantitative estimate of drug-likeness (QED) is 0.790. The van der Waals surface area contributed by atoms with E-state index in [1.807, 2.05) is 18.2 Å². The first-order valence-electron chi connectivity index (χ1n) is 8.65. The molecule has 24 heavy (non-hydrogen) atoms. The van der Waals surface area contributed by atoms with Crippen LogP contribution in [0.25, 0.3) is 0 Å². The van der Waals surface area contributed by atoms with E-state index in [4.69, 9.17) is 4.74 Å². The zero-order chi connectivity index (χ0) is 16.8. The Balaban J connectivity index is 1.65. The third kappa shape index (κ3) is 3.51. The highest BCUT2D eigenvalue weighted by molar-refractivity contribution is 5.83. The minimum Gasteiger partial charge on any atom is -0.468 e. The molecule has 3 heteroatoms. The van der Waals surface area contributed by atoms with Crippen LogP contribution in [0.1, 0.15) is 24.0 Å². The molecule has 3 nitrogen and oxygen atoms in total. The minimum absolute atomic E-state index is 0.101. The van der Waals surface area contributed by atoms with Gasteiger partial charge in [-0.3, -0.25) is 4.79 Å². The summed E-state index contributed by atoms with van der Waals surface area (Å²) >= 11 is 0. The second-order valence-electron chi connectivity index (χ2n) is 6.52. The Bertz CT molecular complexity index is 646. The molecule has 3 rings (SSSR count). The summed E-state index contributed by atoms with van der Waals surface area (Å²) in [6, 6.07) is 20.7. The van der Waals surface area contributed by atoms with E-state index in [0.29, 0.717) is 0 Å². The minimum atomic E-state index is -0.487. The van der Waals surface area contributed by atoms with E-state index in [1.165, 1.54) is 12.7 Å². The summed E-state index contributed by atoms with van der Waals surface area (Å²) in [5.41, 5.74) is 1.96. The zero-order valence-corrected chi connectivity index (χ0v) is 14.3. The van der Waals surface area contributed by atoms with Gasteiger partial charge >= 0.3 is 5.97 Å². The number of methoxy groups -OCH3 is 1. The van der Waals surface area contributed by atoms with Crippen LogP contribution in [-0.2, 0) is 21.4 Å². The van der Waals surface area contributed by atoms with Crippen LogP contribution in [-0.4, -0.2) is 37.6 Å². The Morgan fingerprint density at radius 3 is 2.17 bits per heavy atom. The highest BCUT2D eigenvalue weighted by Crippen LogP contribution is 2.36. The van der Waals surface area contributed by atoms with E-state index in [9.17, 15) is 4.79 Å². The Kier molecular flexibility index (Phi) is 5.31. The van der Waals surface area contributed by atoms with Crippen molar-refractivity contribution in [2.45, 2.75) is 24.7 Å². The van der Waals surface area contributed by atoms with E-state index >= 15 is 0 Å². The van der Waals surface area contributed by atoms with Crippen LogP contribution >= 0.6 is 0 Å². The molecule has 0 amide bonds. The summed E-state index contributed by atoms with van der Waals surface area (Å²) < 4.78 is 5.15. The third-order valence-electron chi connectivity index (χ3n) is 5.17. The molecule has 0 N–H and O–H groups in total. The monoisotopic (exact) mass is 323 g/mol. The lowest BCUT2D eigenvalue weighted by atomic mass is 9.72. The van der Waals surface area contributed by atoms with Crippen LogP contribution in [0.5, 0.6) is 0 Å². The van der Waals surface area contributed by atoms with E-state index in [-0.39, 0.29) is 5.97 Å².